The number of ether oxygens (including phenoxy) is 1. The molecular weight excluding hydrogens is 262 g/mol. The topological polar surface area (TPSA) is 41.5 Å². The van der Waals surface area contributed by atoms with Gasteiger partial charge in [-0.1, -0.05) is 64.7 Å². The van der Waals surface area contributed by atoms with Crippen molar-refractivity contribution in [2.24, 2.45) is 0 Å². The van der Waals surface area contributed by atoms with Gasteiger partial charge in [0.2, 0.25) is 0 Å². The molecule has 0 radical (unpaired) electrons. The van der Waals surface area contributed by atoms with Gasteiger partial charge in [-0.15, -0.1) is 0 Å². The van der Waals surface area contributed by atoms with Gasteiger partial charge in [-0.05, 0) is 26.8 Å². The lowest BCUT2D eigenvalue weighted by Crippen LogP contribution is -2.31. The predicted molar refractivity (Wildman–Crippen MR) is 91.8 cm³/mol. The van der Waals surface area contributed by atoms with Crippen LogP contribution < -0.4 is 5.32 Å². The highest BCUT2D eigenvalue weighted by atomic mass is 16.5. The zero-order chi connectivity index (χ0) is 15.8. The molecule has 1 atom stereocenters. The lowest BCUT2D eigenvalue weighted by molar-refractivity contribution is 0.00646. The van der Waals surface area contributed by atoms with E-state index in [4.69, 9.17) is 4.74 Å². The first-order valence-electron chi connectivity index (χ1n) is 9.17. The summed E-state index contributed by atoms with van der Waals surface area (Å²) in [7, 11) is 0. The van der Waals surface area contributed by atoms with E-state index in [9.17, 15) is 5.11 Å². The third-order valence-corrected chi connectivity index (χ3v) is 3.71. The third-order valence-electron chi connectivity index (χ3n) is 3.71. The minimum absolute atomic E-state index is 0.196. The summed E-state index contributed by atoms with van der Waals surface area (Å²) in [6, 6.07) is 0. The van der Waals surface area contributed by atoms with Crippen molar-refractivity contribution in [3.05, 3.63) is 0 Å². The summed E-state index contributed by atoms with van der Waals surface area (Å²) >= 11 is 0. The molecule has 0 aromatic heterocycles. The molecule has 0 aliphatic heterocycles. The van der Waals surface area contributed by atoms with E-state index in [-0.39, 0.29) is 12.2 Å². The van der Waals surface area contributed by atoms with E-state index < -0.39 is 0 Å². The number of rotatable bonds is 16. The van der Waals surface area contributed by atoms with E-state index in [1.165, 1.54) is 64.2 Å². The Balaban J connectivity index is 3.08. The highest BCUT2D eigenvalue weighted by Crippen LogP contribution is 2.10. The van der Waals surface area contributed by atoms with Gasteiger partial charge in [-0.3, -0.25) is 0 Å². The zero-order valence-electron chi connectivity index (χ0n) is 14.7. The van der Waals surface area contributed by atoms with Crippen LogP contribution in [0.25, 0.3) is 0 Å². The van der Waals surface area contributed by atoms with Gasteiger partial charge < -0.3 is 15.2 Å². The average molecular weight is 302 g/mol. The van der Waals surface area contributed by atoms with Crippen LogP contribution in [0.15, 0.2) is 0 Å². The molecule has 3 nitrogen and oxygen atoms in total. The summed E-state index contributed by atoms with van der Waals surface area (Å²) in [5, 5.41) is 13.0. The SMILES string of the molecule is CCCCCCCCCCCCNCC(O)COC(C)C. The van der Waals surface area contributed by atoms with E-state index >= 15 is 0 Å². The Morgan fingerprint density at radius 2 is 1.38 bits per heavy atom. The Hall–Kier alpha value is -0.120. The first-order valence-corrected chi connectivity index (χ1v) is 9.17. The minimum Gasteiger partial charge on any atom is -0.389 e. The van der Waals surface area contributed by atoms with Crippen molar-refractivity contribution >= 4 is 0 Å². The number of nitrogens with one attached hydrogen (secondary N) is 1. The molecule has 0 amide bonds. The van der Waals surface area contributed by atoms with E-state index in [1.54, 1.807) is 0 Å². The fourth-order valence-electron chi connectivity index (χ4n) is 2.37. The first-order chi connectivity index (χ1) is 10.2. The lowest BCUT2D eigenvalue weighted by Gasteiger charge is -2.14. The van der Waals surface area contributed by atoms with Gasteiger partial charge in [0.25, 0.3) is 0 Å². The second kappa shape index (κ2) is 16.3. The molecule has 0 bridgehead atoms. The van der Waals surface area contributed by atoms with E-state index in [2.05, 4.69) is 12.2 Å². The molecular formula is C18H39NO2. The fraction of sp³-hybridized carbons (Fsp3) is 1.00. The van der Waals surface area contributed by atoms with Crippen molar-refractivity contribution in [1.29, 1.82) is 0 Å². The molecule has 0 saturated heterocycles. The Morgan fingerprint density at radius 1 is 0.857 bits per heavy atom. The highest BCUT2D eigenvalue weighted by Gasteiger charge is 2.04. The Kier molecular flexibility index (Phi) is 16.2. The van der Waals surface area contributed by atoms with Crippen molar-refractivity contribution in [2.75, 3.05) is 19.7 Å². The summed E-state index contributed by atoms with van der Waals surface area (Å²) in [5.74, 6) is 0. The maximum Gasteiger partial charge on any atom is 0.0897 e. The number of hydrogen-bond acceptors (Lipinski definition) is 3. The van der Waals surface area contributed by atoms with Gasteiger partial charge >= 0.3 is 0 Å². The number of hydrogen-bond donors (Lipinski definition) is 2. The molecule has 0 spiro atoms. The van der Waals surface area contributed by atoms with Gasteiger partial charge in [0.05, 0.1) is 18.8 Å². The molecule has 21 heavy (non-hydrogen) atoms. The molecule has 0 rings (SSSR count). The van der Waals surface area contributed by atoms with Crippen LogP contribution in [0.3, 0.4) is 0 Å². The van der Waals surface area contributed by atoms with Crippen molar-refractivity contribution in [1.82, 2.24) is 5.32 Å². The number of aliphatic hydroxyl groups is 1. The molecule has 0 aliphatic rings. The Morgan fingerprint density at radius 3 is 1.90 bits per heavy atom. The summed E-state index contributed by atoms with van der Waals surface area (Å²) in [6.45, 7) is 8.33. The molecule has 2 N–H and O–H groups in total. The molecule has 1 unspecified atom stereocenters. The minimum atomic E-state index is -0.379. The second-order valence-corrected chi connectivity index (χ2v) is 6.42. The number of unbranched alkanes of at least 4 members (excludes halogenated alkanes) is 9. The summed E-state index contributed by atoms with van der Waals surface area (Å²) < 4.78 is 5.37. The van der Waals surface area contributed by atoms with Gasteiger partial charge in [0.15, 0.2) is 0 Å². The van der Waals surface area contributed by atoms with E-state index in [0.717, 1.165) is 6.54 Å². The van der Waals surface area contributed by atoms with Crippen LogP contribution in [-0.4, -0.2) is 37.0 Å². The third kappa shape index (κ3) is 17.8. The molecule has 3 heteroatoms. The van der Waals surface area contributed by atoms with Gasteiger partial charge in [-0.2, -0.15) is 0 Å². The largest absolute Gasteiger partial charge is 0.389 e. The predicted octanol–water partition coefficient (Wildman–Crippen LogP) is 4.28. The summed E-state index contributed by atoms with van der Waals surface area (Å²) in [6.07, 6.45) is 13.5. The monoisotopic (exact) mass is 301 g/mol. The van der Waals surface area contributed by atoms with Crippen LogP contribution in [0.1, 0.15) is 85.0 Å². The second-order valence-electron chi connectivity index (χ2n) is 6.42. The first kappa shape index (κ1) is 20.9. The Bertz CT molecular complexity index is 198. The van der Waals surface area contributed by atoms with Crippen molar-refractivity contribution < 1.29 is 9.84 Å². The fourth-order valence-corrected chi connectivity index (χ4v) is 2.37. The molecule has 0 aliphatic carbocycles. The number of aliphatic hydroxyl groups excluding tert-OH is 1. The molecule has 0 aromatic rings. The van der Waals surface area contributed by atoms with Gasteiger partial charge in [-0.25, -0.2) is 0 Å². The molecule has 0 saturated carbocycles. The van der Waals surface area contributed by atoms with Crippen LogP contribution in [0.5, 0.6) is 0 Å². The van der Waals surface area contributed by atoms with Crippen LogP contribution in [0, 0.1) is 0 Å². The summed E-state index contributed by atoms with van der Waals surface area (Å²) in [4.78, 5) is 0. The van der Waals surface area contributed by atoms with Gasteiger partial charge in [0.1, 0.15) is 0 Å². The Labute approximate surface area is 132 Å². The quantitative estimate of drug-likeness (QED) is 0.418. The molecule has 128 valence electrons. The van der Waals surface area contributed by atoms with Crippen LogP contribution in [-0.2, 0) is 4.74 Å². The van der Waals surface area contributed by atoms with Crippen LogP contribution >= 0.6 is 0 Å². The van der Waals surface area contributed by atoms with Gasteiger partial charge in [0, 0.05) is 6.54 Å². The molecule has 0 heterocycles. The average Bonchev–Trinajstić information content (AvgIpc) is 2.46. The standard InChI is InChI=1S/C18H39NO2/c1-4-5-6-7-8-9-10-11-12-13-14-19-15-18(20)16-21-17(2)3/h17-20H,4-16H2,1-3H3. The smallest absolute Gasteiger partial charge is 0.0897 e. The van der Waals surface area contributed by atoms with E-state index in [0.29, 0.717) is 13.2 Å². The van der Waals surface area contributed by atoms with Crippen molar-refractivity contribution in [2.45, 2.75) is 97.2 Å². The normalized spacial score (nSPS) is 13.0. The maximum absolute atomic E-state index is 9.67. The van der Waals surface area contributed by atoms with Crippen LogP contribution in [0.2, 0.25) is 0 Å². The van der Waals surface area contributed by atoms with E-state index in [1.807, 2.05) is 13.8 Å². The summed E-state index contributed by atoms with van der Waals surface area (Å²) in [5.41, 5.74) is 0. The van der Waals surface area contributed by atoms with Crippen molar-refractivity contribution in [3.63, 3.8) is 0 Å². The lowest BCUT2D eigenvalue weighted by atomic mass is 10.1. The van der Waals surface area contributed by atoms with Crippen LogP contribution in [0.4, 0.5) is 0 Å². The molecule has 0 fully saturated rings. The maximum atomic E-state index is 9.67. The highest BCUT2D eigenvalue weighted by molar-refractivity contribution is 4.59. The molecule has 0 aromatic carbocycles. The van der Waals surface area contributed by atoms with Crippen molar-refractivity contribution in [3.8, 4) is 0 Å². The zero-order valence-corrected chi connectivity index (χ0v) is 14.7.